The summed E-state index contributed by atoms with van der Waals surface area (Å²) < 4.78 is 7.54. The molecule has 0 aliphatic carbocycles. The number of carbonyl (C=O) groups is 2. The monoisotopic (exact) mass is 404 g/mol. The van der Waals surface area contributed by atoms with E-state index in [0.717, 1.165) is 29.9 Å². The quantitative estimate of drug-likeness (QED) is 0.673. The molecule has 1 fully saturated rings. The predicted octanol–water partition coefficient (Wildman–Crippen LogP) is 3.07. The SMILES string of the molecule is CN(C)C(=O)c1nc(-c2ccccc2)n2c1C[C@@H]1CC[C@H](C2)N1C(=O)c1ccco1. The fourth-order valence-electron chi connectivity index (χ4n) is 4.71. The number of furan rings is 1. The molecule has 0 unspecified atom stereocenters. The Bertz CT molecular complexity index is 1090. The maximum atomic E-state index is 13.2. The number of nitrogens with zero attached hydrogens (tertiary/aromatic N) is 4. The third kappa shape index (κ3) is 2.93. The summed E-state index contributed by atoms with van der Waals surface area (Å²) >= 11 is 0. The van der Waals surface area contributed by atoms with E-state index in [1.54, 1.807) is 31.1 Å². The summed E-state index contributed by atoms with van der Waals surface area (Å²) in [6, 6.07) is 13.5. The van der Waals surface area contributed by atoms with Crippen LogP contribution in [-0.4, -0.2) is 57.3 Å². The van der Waals surface area contributed by atoms with Crippen LogP contribution in [0, 0.1) is 0 Å². The Labute approximate surface area is 174 Å². The highest BCUT2D eigenvalue weighted by atomic mass is 16.3. The number of carbonyl (C=O) groups excluding carboxylic acids is 2. The highest BCUT2D eigenvalue weighted by molar-refractivity contribution is 5.94. The van der Waals surface area contributed by atoms with Crippen LogP contribution >= 0.6 is 0 Å². The van der Waals surface area contributed by atoms with E-state index in [1.807, 2.05) is 35.2 Å². The van der Waals surface area contributed by atoms with E-state index in [0.29, 0.717) is 24.4 Å². The zero-order chi connectivity index (χ0) is 20.8. The summed E-state index contributed by atoms with van der Waals surface area (Å²) in [5.74, 6) is 0.966. The number of amides is 2. The first-order valence-corrected chi connectivity index (χ1v) is 10.3. The van der Waals surface area contributed by atoms with E-state index >= 15 is 0 Å². The molecule has 0 saturated carbocycles. The minimum Gasteiger partial charge on any atom is -0.459 e. The minimum atomic E-state index is -0.109. The Morgan fingerprint density at radius 2 is 1.83 bits per heavy atom. The third-order valence-corrected chi connectivity index (χ3v) is 6.12. The first kappa shape index (κ1) is 18.7. The molecule has 2 aliphatic rings. The van der Waals surface area contributed by atoms with Gasteiger partial charge >= 0.3 is 0 Å². The molecule has 5 rings (SSSR count). The van der Waals surface area contributed by atoms with E-state index in [1.165, 1.54) is 6.26 Å². The molecular formula is C23H24N4O3. The lowest BCUT2D eigenvalue weighted by molar-refractivity contribution is 0.0633. The van der Waals surface area contributed by atoms with Crippen molar-refractivity contribution in [2.75, 3.05) is 14.1 Å². The molecule has 7 heteroatoms. The van der Waals surface area contributed by atoms with Crippen molar-refractivity contribution >= 4 is 11.8 Å². The fourth-order valence-corrected chi connectivity index (χ4v) is 4.71. The summed E-state index contributed by atoms with van der Waals surface area (Å²) in [5.41, 5.74) is 2.37. The average Bonchev–Trinajstić information content (AvgIpc) is 3.45. The van der Waals surface area contributed by atoms with Gasteiger partial charge in [-0.25, -0.2) is 4.98 Å². The summed E-state index contributed by atoms with van der Waals surface area (Å²) in [6.07, 6.45) is 3.98. The molecule has 4 heterocycles. The van der Waals surface area contributed by atoms with E-state index in [2.05, 4.69) is 4.57 Å². The Hall–Kier alpha value is -3.35. The molecule has 0 radical (unpaired) electrons. The Morgan fingerprint density at radius 3 is 2.53 bits per heavy atom. The smallest absolute Gasteiger partial charge is 0.290 e. The molecule has 154 valence electrons. The molecule has 0 N–H and O–H groups in total. The molecule has 2 amide bonds. The number of hydrogen-bond donors (Lipinski definition) is 0. The number of hydrogen-bond acceptors (Lipinski definition) is 4. The summed E-state index contributed by atoms with van der Waals surface area (Å²) in [7, 11) is 3.48. The lowest BCUT2D eigenvalue weighted by atomic mass is 10.0. The van der Waals surface area contributed by atoms with Gasteiger partial charge < -0.3 is 18.8 Å². The van der Waals surface area contributed by atoms with E-state index in [4.69, 9.17) is 9.40 Å². The van der Waals surface area contributed by atoms with Gasteiger partial charge in [0.2, 0.25) is 0 Å². The molecule has 3 aromatic rings. The highest BCUT2D eigenvalue weighted by Crippen LogP contribution is 2.36. The number of imidazole rings is 1. The van der Waals surface area contributed by atoms with Crippen molar-refractivity contribution in [3.63, 3.8) is 0 Å². The minimum absolute atomic E-state index is 0.0304. The molecule has 2 bridgehead atoms. The maximum Gasteiger partial charge on any atom is 0.290 e. The zero-order valence-electron chi connectivity index (χ0n) is 17.1. The Kier molecular flexibility index (Phi) is 4.46. The molecule has 2 aromatic heterocycles. The topological polar surface area (TPSA) is 71.6 Å². The lowest BCUT2D eigenvalue weighted by Crippen LogP contribution is -2.42. The maximum absolute atomic E-state index is 13.2. The van der Waals surface area contributed by atoms with Gasteiger partial charge in [0.1, 0.15) is 11.5 Å². The van der Waals surface area contributed by atoms with Crippen LogP contribution in [0.2, 0.25) is 0 Å². The van der Waals surface area contributed by atoms with Gasteiger partial charge in [-0.05, 0) is 25.0 Å². The van der Waals surface area contributed by atoms with Crippen LogP contribution in [0.4, 0.5) is 0 Å². The van der Waals surface area contributed by atoms with Gasteiger partial charge in [-0.2, -0.15) is 0 Å². The van der Waals surface area contributed by atoms with Crippen LogP contribution in [0.15, 0.2) is 53.1 Å². The van der Waals surface area contributed by atoms with Crippen molar-refractivity contribution in [1.82, 2.24) is 19.4 Å². The average molecular weight is 404 g/mol. The Morgan fingerprint density at radius 1 is 1.07 bits per heavy atom. The van der Waals surface area contributed by atoms with Crippen molar-refractivity contribution in [1.29, 1.82) is 0 Å². The number of fused-ring (bicyclic) bond motifs is 3. The second-order valence-electron chi connectivity index (χ2n) is 8.19. The zero-order valence-corrected chi connectivity index (χ0v) is 17.1. The number of rotatable bonds is 3. The predicted molar refractivity (Wildman–Crippen MR) is 111 cm³/mol. The van der Waals surface area contributed by atoms with Crippen molar-refractivity contribution in [2.24, 2.45) is 0 Å². The number of benzene rings is 1. The van der Waals surface area contributed by atoms with Gasteiger partial charge in [0.05, 0.1) is 18.0 Å². The van der Waals surface area contributed by atoms with Gasteiger partial charge in [0.15, 0.2) is 5.76 Å². The highest BCUT2D eigenvalue weighted by Gasteiger charge is 2.43. The first-order chi connectivity index (χ1) is 14.5. The van der Waals surface area contributed by atoms with Crippen LogP contribution in [0.3, 0.4) is 0 Å². The molecule has 0 spiro atoms. The third-order valence-electron chi connectivity index (χ3n) is 6.12. The van der Waals surface area contributed by atoms with Crippen molar-refractivity contribution in [2.45, 2.75) is 37.9 Å². The van der Waals surface area contributed by atoms with Crippen LogP contribution in [0.1, 0.15) is 39.6 Å². The second kappa shape index (κ2) is 7.16. The van der Waals surface area contributed by atoms with Gasteiger partial charge in [0.25, 0.3) is 11.8 Å². The molecule has 2 atom stereocenters. The van der Waals surface area contributed by atoms with Crippen LogP contribution in [0.25, 0.3) is 11.4 Å². The summed E-state index contributed by atoms with van der Waals surface area (Å²) in [4.78, 5) is 34.4. The van der Waals surface area contributed by atoms with E-state index in [9.17, 15) is 9.59 Å². The first-order valence-electron chi connectivity index (χ1n) is 10.3. The van der Waals surface area contributed by atoms with Crippen LogP contribution in [0.5, 0.6) is 0 Å². The summed E-state index contributed by atoms with van der Waals surface area (Å²) in [6.45, 7) is 0.621. The second-order valence-corrected chi connectivity index (χ2v) is 8.19. The molecule has 1 saturated heterocycles. The molecule has 1 aromatic carbocycles. The van der Waals surface area contributed by atoms with Gasteiger partial charge in [-0.15, -0.1) is 0 Å². The standard InChI is InChI=1S/C23H24N4O3/c1-25(2)23(29)20-18-13-16-10-11-17(27(16)22(28)19-9-6-12-30-19)14-26(18)21(24-20)15-7-4-3-5-8-15/h3-9,12,16-17H,10-11,13-14H2,1-2H3/t16-,17+/m0/s1. The lowest BCUT2D eigenvalue weighted by Gasteiger charge is -2.27. The van der Waals surface area contributed by atoms with E-state index < -0.39 is 0 Å². The molecule has 7 nitrogen and oxygen atoms in total. The molecular weight excluding hydrogens is 380 g/mol. The van der Waals surface area contributed by atoms with Crippen LogP contribution < -0.4 is 0 Å². The fraction of sp³-hybridized carbons (Fsp3) is 0.348. The summed E-state index contributed by atoms with van der Waals surface area (Å²) in [5, 5.41) is 0. The van der Waals surface area contributed by atoms with Crippen molar-refractivity contribution < 1.29 is 14.0 Å². The number of aromatic nitrogens is 2. The molecule has 2 aliphatic heterocycles. The largest absolute Gasteiger partial charge is 0.459 e. The van der Waals surface area contributed by atoms with Crippen LogP contribution in [-0.2, 0) is 13.0 Å². The molecule has 30 heavy (non-hydrogen) atoms. The Balaban J connectivity index is 1.60. The van der Waals surface area contributed by atoms with Crippen molar-refractivity contribution in [3.05, 3.63) is 65.9 Å². The van der Waals surface area contributed by atoms with Crippen molar-refractivity contribution in [3.8, 4) is 11.4 Å². The van der Waals surface area contributed by atoms with Gasteiger partial charge in [0, 0.05) is 38.7 Å². The van der Waals surface area contributed by atoms with Gasteiger partial charge in [-0.3, -0.25) is 9.59 Å². The normalized spacial score (nSPS) is 20.0. The van der Waals surface area contributed by atoms with E-state index in [-0.39, 0.29) is 23.9 Å². The van der Waals surface area contributed by atoms with Gasteiger partial charge in [-0.1, -0.05) is 30.3 Å².